The standard InChI is InChI=1S/C15H26FN3O/c16-6-1-12-2-9-19(10-3-12)14(20)18-13-11-15(13)4-7-17-8-5-15/h12-13,17H,1-11H2,(H,18,20). The van der Waals surface area contributed by atoms with Crippen molar-refractivity contribution in [3.8, 4) is 0 Å². The highest BCUT2D eigenvalue weighted by molar-refractivity contribution is 5.75. The molecule has 1 spiro atoms. The lowest BCUT2D eigenvalue weighted by Gasteiger charge is -2.32. The average Bonchev–Trinajstić information content (AvgIpc) is 3.12. The first-order valence-electron chi connectivity index (χ1n) is 8.06. The van der Waals surface area contributed by atoms with Gasteiger partial charge in [0, 0.05) is 19.1 Å². The molecule has 3 aliphatic rings. The predicted molar refractivity (Wildman–Crippen MR) is 76.4 cm³/mol. The van der Waals surface area contributed by atoms with E-state index in [9.17, 15) is 9.18 Å². The van der Waals surface area contributed by atoms with Crippen molar-refractivity contribution in [3.63, 3.8) is 0 Å². The maximum absolute atomic E-state index is 12.3. The van der Waals surface area contributed by atoms with Crippen LogP contribution in [-0.2, 0) is 0 Å². The van der Waals surface area contributed by atoms with Gasteiger partial charge < -0.3 is 15.5 Å². The topological polar surface area (TPSA) is 44.4 Å². The highest BCUT2D eigenvalue weighted by Gasteiger charge is 2.54. The molecule has 114 valence electrons. The predicted octanol–water partition coefficient (Wildman–Crippen LogP) is 1.91. The van der Waals surface area contributed by atoms with Crippen molar-refractivity contribution < 1.29 is 9.18 Å². The number of hydrogen-bond acceptors (Lipinski definition) is 2. The minimum Gasteiger partial charge on any atom is -0.335 e. The second kappa shape index (κ2) is 5.88. The number of carbonyl (C=O) groups is 1. The van der Waals surface area contributed by atoms with E-state index in [1.54, 1.807) is 0 Å². The van der Waals surface area contributed by atoms with Crippen molar-refractivity contribution in [3.05, 3.63) is 0 Å². The summed E-state index contributed by atoms with van der Waals surface area (Å²) in [5.41, 5.74) is 0.396. The summed E-state index contributed by atoms with van der Waals surface area (Å²) in [5.74, 6) is 0.473. The number of halogens is 1. The van der Waals surface area contributed by atoms with Crippen molar-refractivity contribution in [1.82, 2.24) is 15.5 Å². The van der Waals surface area contributed by atoms with Gasteiger partial charge in [0.2, 0.25) is 0 Å². The third-order valence-corrected chi connectivity index (χ3v) is 5.51. The van der Waals surface area contributed by atoms with E-state index in [1.165, 1.54) is 12.8 Å². The SMILES string of the molecule is O=C(NC1CC12CCNCC2)N1CCC(CCF)CC1. The quantitative estimate of drug-likeness (QED) is 0.831. The molecule has 0 aromatic heterocycles. The minimum absolute atomic E-state index is 0.101. The van der Waals surface area contributed by atoms with Gasteiger partial charge in [0.25, 0.3) is 0 Å². The van der Waals surface area contributed by atoms with Crippen LogP contribution in [0.15, 0.2) is 0 Å². The third kappa shape index (κ3) is 2.92. The van der Waals surface area contributed by atoms with Crippen LogP contribution in [0.5, 0.6) is 0 Å². The number of nitrogens with zero attached hydrogens (tertiary/aromatic N) is 1. The molecule has 2 heterocycles. The fraction of sp³-hybridized carbons (Fsp3) is 0.933. The van der Waals surface area contributed by atoms with Crippen LogP contribution in [-0.4, -0.2) is 49.8 Å². The van der Waals surface area contributed by atoms with E-state index in [1.807, 2.05) is 4.90 Å². The number of hydrogen-bond donors (Lipinski definition) is 2. The summed E-state index contributed by atoms with van der Waals surface area (Å²) in [6.07, 6.45) is 6.11. The summed E-state index contributed by atoms with van der Waals surface area (Å²) in [4.78, 5) is 14.2. The maximum Gasteiger partial charge on any atom is 0.317 e. The molecular formula is C15H26FN3O. The van der Waals surface area contributed by atoms with E-state index >= 15 is 0 Å². The van der Waals surface area contributed by atoms with Crippen LogP contribution in [0.25, 0.3) is 0 Å². The summed E-state index contributed by atoms with van der Waals surface area (Å²) < 4.78 is 12.3. The lowest BCUT2D eigenvalue weighted by Crippen LogP contribution is -2.46. The zero-order valence-corrected chi connectivity index (χ0v) is 12.2. The van der Waals surface area contributed by atoms with Crippen LogP contribution in [0.3, 0.4) is 0 Å². The third-order valence-electron chi connectivity index (χ3n) is 5.51. The number of urea groups is 1. The van der Waals surface area contributed by atoms with Crippen molar-refractivity contribution in [2.45, 2.75) is 44.6 Å². The lowest BCUT2D eigenvalue weighted by atomic mass is 9.93. The second-order valence-corrected chi connectivity index (χ2v) is 6.73. The van der Waals surface area contributed by atoms with Crippen LogP contribution in [0.4, 0.5) is 9.18 Å². The second-order valence-electron chi connectivity index (χ2n) is 6.73. The fourth-order valence-electron chi connectivity index (χ4n) is 3.85. The maximum atomic E-state index is 12.3. The van der Waals surface area contributed by atoms with E-state index in [2.05, 4.69) is 10.6 Å². The lowest BCUT2D eigenvalue weighted by molar-refractivity contribution is 0.163. The highest BCUT2D eigenvalue weighted by Crippen LogP contribution is 2.52. The van der Waals surface area contributed by atoms with Gasteiger partial charge in [-0.25, -0.2) is 4.79 Å². The molecule has 2 aliphatic heterocycles. The van der Waals surface area contributed by atoms with E-state index in [-0.39, 0.29) is 12.7 Å². The van der Waals surface area contributed by atoms with E-state index in [4.69, 9.17) is 0 Å². The largest absolute Gasteiger partial charge is 0.335 e. The molecule has 5 heteroatoms. The zero-order valence-electron chi connectivity index (χ0n) is 12.2. The zero-order chi connectivity index (χ0) is 14.0. The first kappa shape index (κ1) is 14.1. The Hall–Kier alpha value is -0.840. The van der Waals surface area contributed by atoms with E-state index in [0.717, 1.165) is 45.4 Å². The minimum atomic E-state index is -0.227. The first-order valence-corrected chi connectivity index (χ1v) is 8.06. The molecule has 1 aliphatic carbocycles. The number of carbonyl (C=O) groups excluding carboxylic acids is 1. The number of likely N-dealkylation sites (tertiary alicyclic amines) is 1. The van der Waals surface area contributed by atoms with Gasteiger partial charge in [-0.1, -0.05) is 0 Å². The molecule has 0 radical (unpaired) electrons. The molecule has 1 unspecified atom stereocenters. The molecule has 2 N–H and O–H groups in total. The summed E-state index contributed by atoms with van der Waals surface area (Å²) in [7, 11) is 0. The molecule has 0 aromatic carbocycles. The van der Waals surface area contributed by atoms with Crippen LogP contribution >= 0.6 is 0 Å². The van der Waals surface area contributed by atoms with Crippen molar-refractivity contribution in [2.24, 2.45) is 11.3 Å². The fourth-order valence-corrected chi connectivity index (χ4v) is 3.85. The molecule has 4 nitrogen and oxygen atoms in total. The molecule has 3 rings (SSSR count). The van der Waals surface area contributed by atoms with Gasteiger partial charge in [-0.15, -0.1) is 0 Å². The number of alkyl halides is 1. The van der Waals surface area contributed by atoms with Crippen LogP contribution < -0.4 is 10.6 Å². The molecule has 0 bridgehead atoms. The molecule has 0 aromatic rings. The van der Waals surface area contributed by atoms with Gasteiger partial charge in [-0.05, 0) is 62.9 Å². The molecule has 2 saturated heterocycles. The van der Waals surface area contributed by atoms with Gasteiger partial charge in [0.05, 0.1) is 6.67 Å². The Kier molecular flexibility index (Phi) is 4.15. The number of nitrogens with one attached hydrogen (secondary N) is 2. The van der Waals surface area contributed by atoms with Gasteiger partial charge in [-0.3, -0.25) is 4.39 Å². The molecule has 20 heavy (non-hydrogen) atoms. The molecule has 1 atom stereocenters. The van der Waals surface area contributed by atoms with E-state index in [0.29, 0.717) is 23.8 Å². The normalized spacial score (nSPS) is 29.4. The van der Waals surface area contributed by atoms with Gasteiger partial charge >= 0.3 is 6.03 Å². The average molecular weight is 283 g/mol. The smallest absolute Gasteiger partial charge is 0.317 e. The van der Waals surface area contributed by atoms with Crippen LogP contribution in [0.2, 0.25) is 0 Å². The van der Waals surface area contributed by atoms with Crippen molar-refractivity contribution in [2.75, 3.05) is 32.9 Å². The molecule has 2 amide bonds. The van der Waals surface area contributed by atoms with Gasteiger partial charge in [-0.2, -0.15) is 0 Å². The van der Waals surface area contributed by atoms with E-state index < -0.39 is 0 Å². The van der Waals surface area contributed by atoms with Crippen molar-refractivity contribution >= 4 is 6.03 Å². The van der Waals surface area contributed by atoms with Crippen LogP contribution in [0.1, 0.15) is 38.5 Å². The Morgan fingerprint density at radius 3 is 2.65 bits per heavy atom. The molecule has 3 fully saturated rings. The number of piperidine rings is 2. The number of amides is 2. The number of rotatable bonds is 3. The van der Waals surface area contributed by atoms with Crippen molar-refractivity contribution in [1.29, 1.82) is 0 Å². The Bertz CT molecular complexity index is 349. The summed E-state index contributed by atoms with van der Waals surface area (Å²) in [6.45, 7) is 3.52. The molecule has 1 saturated carbocycles. The molecular weight excluding hydrogens is 257 g/mol. The summed E-state index contributed by atoms with van der Waals surface area (Å²) in [6, 6.07) is 0.491. The van der Waals surface area contributed by atoms with Gasteiger partial charge in [0.15, 0.2) is 0 Å². The summed E-state index contributed by atoms with van der Waals surface area (Å²) in [5, 5.41) is 6.60. The van der Waals surface area contributed by atoms with Gasteiger partial charge in [0.1, 0.15) is 0 Å². The Morgan fingerprint density at radius 2 is 2.00 bits per heavy atom. The van der Waals surface area contributed by atoms with Crippen LogP contribution in [0, 0.1) is 11.3 Å². The Labute approximate surface area is 120 Å². The highest BCUT2D eigenvalue weighted by atomic mass is 19.1. The monoisotopic (exact) mass is 283 g/mol. The Morgan fingerprint density at radius 1 is 1.30 bits per heavy atom. The summed E-state index contributed by atoms with van der Waals surface area (Å²) >= 11 is 0. The Balaban J connectivity index is 1.42. The first-order chi connectivity index (χ1) is 9.73.